The molecular weight excluding hydrogens is 442 g/mol. The van der Waals surface area contributed by atoms with Gasteiger partial charge in [-0.05, 0) is 54.5 Å². The topological polar surface area (TPSA) is 70.7 Å². The highest BCUT2D eigenvalue weighted by molar-refractivity contribution is 9.10. The first-order valence-corrected chi connectivity index (χ1v) is 9.75. The minimum Gasteiger partial charge on any atom is -0.496 e. The van der Waals surface area contributed by atoms with Gasteiger partial charge < -0.3 is 15.0 Å². The smallest absolute Gasteiger partial charge is 0.261 e. The Morgan fingerprint density at radius 2 is 1.93 bits per heavy atom. The Hall–Kier alpha value is -2.45. The van der Waals surface area contributed by atoms with Crippen molar-refractivity contribution in [3.63, 3.8) is 0 Å². The normalized spacial score (nSPS) is 10.1. The highest BCUT2D eigenvalue weighted by atomic mass is 79.9. The van der Waals surface area contributed by atoms with Gasteiger partial charge in [0.15, 0.2) is 5.11 Å². The standard InChI is InChI=1S/C20H22BrN3O3S/c1-24(2)18(25)10-7-13-5-4-6-15(11-13)22-20(28)23-19(26)16-12-14(21)8-9-17(16)27-3/h4-6,8-9,11-12H,7,10H2,1-3H3,(H2,22,23,26,28). The minimum absolute atomic E-state index is 0.0733. The van der Waals surface area contributed by atoms with Gasteiger partial charge in [-0.3, -0.25) is 14.9 Å². The number of aryl methyl sites for hydroxylation is 1. The molecule has 0 bridgehead atoms. The number of nitrogens with zero attached hydrogens (tertiary/aromatic N) is 1. The largest absolute Gasteiger partial charge is 0.496 e. The number of methoxy groups -OCH3 is 1. The summed E-state index contributed by atoms with van der Waals surface area (Å²) in [4.78, 5) is 25.8. The minimum atomic E-state index is -0.372. The van der Waals surface area contributed by atoms with Crippen LogP contribution >= 0.6 is 28.1 Å². The lowest BCUT2D eigenvalue weighted by Crippen LogP contribution is -2.34. The van der Waals surface area contributed by atoms with Gasteiger partial charge in [0, 0.05) is 30.7 Å². The third-order valence-electron chi connectivity index (χ3n) is 3.94. The molecule has 0 aliphatic heterocycles. The van der Waals surface area contributed by atoms with Crippen LogP contribution in [0.1, 0.15) is 22.3 Å². The van der Waals surface area contributed by atoms with E-state index in [4.69, 9.17) is 17.0 Å². The summed E-state index contributed by atoms with van der Waals surface area (Å²) in [6, 6.07) is 12.7. The second-order valence-electron chi connectivity index (χ2n) is 6.24. The van der Waals surface area contributed by atoms with E-state index < -0.39 is 0 Å². The lowest BCUT2D eigenvalue weighted by molar-refractivity contribution is -0.128. The fourth-order valence-corrected chi connectivity index (χ4v) is 3.04. The fraction of sp³-hybridized carbons (Fsp3) is 0.250. The van der Waals surface area contributed by atoms with Gasteiger partial charge in [0.05, 0.1) is 12.7 Å². The van der Waals surface area contributed by atoms with E-state index in [0.717, 1.165) is 15.7 Å². The summed E-state index contributed by atoms with van der Waals surface area (Å²) in [5.74, 6) is 0.156. The highest BCUT2D eigenvalue weighted by Crippen LogP contribution is 2.23. The highest BCUT2D eigenvalue weighted by Gasteiger charge is 2.14. The molecule has 28 heavy (non-hydrogen) atoms. The summed E-state index contributed by atoms with van der Waals surface area (Å²) in [5, 5.41) is 5.82. The Balaban J connectivity index is 1.99. The first kappa shape index (κ1) is 21.8. The van der Waals surface area contributed by atoms with Crippen molar-refractivity contribution in [3.05, 3.63) is 58.1 Å². The van der Waals surface area contributed by atoms with Gasteiger partial charge in [-0.2, -0.15) is 0 Å². The van der Waals surface area contributed by atoms with Crippen molar-refractivity contribution in [3.8, 4) is 5.75 Å². The molecule has 148 valence electrons. The van der Waals surface area contributed by atoms with Gasteiger partial charge in [-0.15, -0.1) is 0 Å². The second kappa shape index (κ2) is 10.2. The molecule has 2 aromatic rings. The van der Waals surface area contributed by atoms with E-state index in [2.05, 4.69) is 26.6 Å². The fourth-order valence-electron chi connectivity index (χ4n) is 2.47. The molecular formula is C20H22BrN3O3S. The summed E-state index contributed by atoms with van der Waals surface area (Å²) >= 11 is 8.60. The SMILES string of the molecule is COc1ccc(Br)cc1C(=O)NC(=S)Nc1cccc(CCC(=O)N(C)C)c1. The number of anilines is 1. The summed E-state index contributed by atoms with van der Waals surface area (Å²) in [7, 11) is 4.98. The Kier molecular flexibility index (Phi) is 7.95. The van der Waals surface area contributed by atoms with Gasteiger partial charge in [-0.25, -0.2) is 0 Å². The number of halogens is 1. The molecule has 8 heteroatoms. The zero-order chi connectivity index (χ0) is 20.7. The number of carbonyl (C=O) groups excluding carboxylic acids is 2. The average Bonchev–Trinajstić information content (AvgIpc) is 2.66. The molecule has 0 aliphatic carbocycles. The van der Waals surface area contributed by atoms with Gasteiger partial charge in [0.1, 0.15) is 5.75 Å². The van der Waals surface area contributed by atoms with E-state index in [1.807, 2.05) is 24.3 Å². The molecule has 0 unspecified atom stereocenters. The Bertz CT molecular complexity index is 887. The molecule has 0 radical (unpaired) electrons. The number of hydrogen-bond acceptors (Lipinski definition) is 4. The Morgan fingerprint density at radius 3 is 2.61 bits per heavy atom. The van der Waals surface area contributed by atoms with Crippen molar-refractivity contribution in [2.45, 2.75) is 12.8 Å². The van der Waals surface area contributed by atoms with Crippen molar-refractivity contribution in [1.82, 2.24) is 10.2 Å². The Labute approximate surface area is 178 Å². The average molecular weight is 464 g/mol. The van der Waals surface area contributed by atoms with Gasteiger partial charge >= 0.3 is 0 Å². The van der Waals surface area contributed by atoms with Crippen molar-refractivity contribution in [1.29, 1.82) is 0 Å². The molecule has 0 saturated heterocycles. The van der Waals surface area contributed by atoms with Crippen LogP contribution in [0.3, 0.4) is 0 Å². The van der Waals surface area contributed by atoms with E-state index in [1.165, 1.54) is 7.11 Å². The van der Waals surface area contributed by atoms with Crippen LogP contribution in [0.5, 0.6) is 5.75 Å². The zero-order valence-electron chi connectivity index (χ0n) is 15.9. The molecule has 0 atom stereocenters. The van der Waals surface area contributed by atoms with Crippen LogP contribution in [0.2, 0.25) is 0 Å². The van der Waals surface area contributed by atoms with E-state index >= 15 is 0 Å². The molecule has 2 aromatic carbocycles. The monoisotopic (exact) mass is 463 g/mol. The number of carbonyl (C=O) groups is 2. The van der Waals surface area contributed by atoms with E-state index in [0.29, 0.717) is 24.2 Å². The molecule has 2 rings (SSSR count). The van der Waals surface area contributed by atoms with E-state index in [9.17, 15) is 9.59 Å². The van der Waals surface area contributed by atoms with Crippen LogP contribution in [0.15, 0.2) is 46.9 Å². The number of rotatable bonds is 6. The maximum absolute atomic E-state index is 12.5. The molecule has 6 nitrogen and oxygen atoms in total. The van der Waals surface area contributed by atoms with Gasteiger partial charge in [0.25, 0.3) is 5.91 Å². The van der Waals surface area contributed by atoms with Gasteiger partial charge in [0.2, 0.25) is 5.91 Å². The predicted octanol–water partition coefficient (Wildman–Crippen LogP) is 3.61. The lowest BCUT2D eigenvalue weighted by atomic mass is 10.1. The summed E-state index contributed by atoms with van der Waals surface area (Å²) in [6.45, 7) is 0. The number of benzene rings is 2. The predicted molar refractivity (Wildman–Crippen MR) is 118 cm³/mol. The quantitative estimate of drug-likeness (QED) is 0.640. The molecule has 2 N–H and O–H groups in total. The van der Waals surface area contributed by atoms with Crippen molar-refractivity contribution in [2.24, 2.45) is 0 Å². The summed E-state index contributed by atoms with van der Waals surface area (Å²) in [6.07, 6.45) is 1.06. The molecule has 0 spiro atoms. The van der Waals surface area contributed by atoms with E-state index in [1.54, 1.807) is 37.2 Å². The summed E-state index contributed by atoms with van der Waals surface area (Å²) < 4.78 is 5.99. The van der Waals surface area contributed by atoms with Crippen LogP contribution in [0.25, 0.3) is 0 Å². The van der Waals surface area contributed by atoms with Crippen molar-refractivity contribution < 1.29 is 14.3 Å². The Morgan fingerprint density at radius 1 is 1.18 bits per heavy atom. The first-order valence-electron chi connectivity index (χ1n) is 8.55. The van der Waals surface area contributed by atoms with Crippen molar-refractivity contribution in [2.75, 3.05) is 26.5 Å². The van der Waals surface area contributed by atoms with Crippen LogP contribution in [0.4, 0.5) is 5.69 Å². The number of amides is 2. The van der Waals surface area contributed by atoms with Gasteiger partial charge in [-0.1, -0.05) is 28.1 Å². The molecule has 0 aliphatic rings. The molecule has 0 saturated carbocycles. The number of thiocarbonyl (C=S) groups is 1. The number of ether oxygens (including phenoxy) is 1. The third-order valence-corrected chi connectivity index (χ3v) is 4.64. The lowest BCUT2D eigenvalue weighted by Gasteiger charge is -2.13. The van der Waals surface area contributed by atoms with Crippen molar-refractivity contribution >= 4 is 50.8 Å². The van der Waals surface area contributed by atoms with Crippen LogP contribution in [0, 0.1) is 0 Å². The van der Waals surface area contributed by atoms with Crippen LogP contribution < -0.4 is 15.4 Å². The molecule has 0 heterocycles. The second-order valence-corrected chi connectivity index (χ2v) is 7.57. The third kappa shape index (κ3) is 6.31. The molecule has 2 amide bonds. The van der Waals surface area contributed by atoms with Crippen LogP contribution in [-0.4, -0.2) is 43.0 Å². The number of nitrogens with one attached hydrogen (secondary N) is 2. The number of hydrogen-bond donors (Lipinski definition) is 2. The zero-order valence-corrected chi connectivity index (χ0v) is 18.3. The summed E-state index contributed by atoms with van der Waals surface area (Å²) in [5.41, 5.74) is 2.11. The molecule has 0 fully saturated rings. The van der Waals surface area contributed by atoms with E-state index in [-0.39, 0.29) is 16.9 Å². The molecule has 0 aromatic heterocycles. The maximum atomic E-state index is 12.5. The van der Waals surface area contributed by atoms with Crippen LogP contribution in [-0.2, 0) is 11.2 Å². The maximum Gasteiger partial charge on any atom is 0.261 e. The first-order chi connectivity index (χ1) is 13.3.